The van der Waals surface area contributed by atoms with Gasteiger partial charge in [0.1, 0.15) is 5.69 Å². The van der Waals surface area contributed by atoms with Crippen molar-refractivity contribution in [1.29, 1.82) is 0 Å². The van der Waals surface area contributed by atoms with Gasteiger partial charge >= 0.3 is 6.01 Å². The molecule has 0 atom stereocenters. The van der Waals surface area contributed by atoms with Gasteiger partial charge in [-0.2, -0.15) is 9.07 Å². The smallest absolute Gasteiger partial charge is 0.315 e. The van der Waals surface area contributed by atoms with E-state index in [0.717, 1.165) is 17.5 Å². The van der Waals surface area contributed by atoms with Crippen LogP contribution in [-0.4, -0.2) is 25.2 Å². The maximum atomic E-state index is 14.3. The second-order valence-corrected chi connectivity index (χ2v) is 5.15. The maximum absolute atomic E-state index is 14.3. The van der Waals surface area contributed by atoms with E-state index in [1.165, 1.54) is 0 Å². The summed E-state index contributed by atoms with van der Waals surface area (Å²) in [5.41, 5.74) is 0.808. The summed E-state index contributed by atoms with van der Waals surface area (Å²) in [6.07, 6.45) is 2.17. The van der Waals surface area contributed by atoms with Gasteiger partial charge in [0.2, 0.25) is 11.8 Å². The molecule has 0 amide bonds. The van der Waals surface area contributed by atoms with Gasteiger partial charge in [-0.05, 0) is 25.0 Å². The van der Waals surface area contributed by atoms with E-state index < -0.39 is 5.95 Å². The number of nitrogens with one attached hydrogen (secondary N) is 1. The van der Waals surface area contributed by atoms with Crippen LogP contribution in [0.1, 0.15) is 30.3 Å². The summed E-state index contributed by atoms with van der Waals surface area (Å²) in [6, 6.07) is 9.27. The molecule has 0 saturated heterocycles. The molecule has 1 aliphatic carbocycles. The monoisotopic (exact) mass is 300 g/mol. The molecule has 1 aromatic carbocycles. The molecule has 3 aromatic rings. The maximum Gasteiger partial charge on any atom is 0.315 e. The summed E-state index contributed by atoms with van der Waals surface area (Å²) < 4.78 is 20.9. The minimum Gasteiger partial charge on any atom is -0.408 e. The highest BCUT2D eigenvalue weighted by atomic mass is 19.1. The SMILES string of the molecule is Fc1c(CNc2nnc(C3CC3)o2)nnn1-c1ccccc1. The summed E-state index contributed by atoms with van der Waals surface area (Å²) in [6.45, 7) is 0.130. The highest BCUT2D eigenvalue weighted by Gasteiger charge is 2.29. The Balaban J connectivity index is 1.47. The standard InChI is InChI=1S/C14H13FN6O/c15-12-11(17-20-21(12)10-4-2-1-3-5-10)8-16-14-19-18-13(22-14)9-6-7-9/h1-5,9H,6-8H2,(H,16,19). The van der Waals surface area contributed by atoms with E-state index in [1.54, 1.807) is 12.1 Å². The Kier molecular flexibility index (Phi) is 3.06. The van der Waals surface area contributed by atoms with Crippen LogP contribution in [0.15, 0.2) is 34.7 Å². The molecule has 0 radical (unpaired) electrons. The minimum atomic E-state index is -0.513. The van der Waals surface area contributed by atoms with Gasteiger partial charge in [-0.3, -0.25) is 0 Å². The average Bonchev–Trinajstić information content (AvgIpc) is 3.18. The van der Waals surface area contributed by atoms with Gasteiger partial charge < -0.3 is 9.73 Å². The fraction of sp³-hybridized carbons (Fsp3) is 0.286. The first-order chi connectivity index (χ1) is 10.8. The molecule has 0 spiro atoms. The zero-order valence-corrected chi connectivity index (χ0v) is 11.6. The fourth-order valence-electron chi connectivity index (χ4n) is 2.10. The number of hydrogen-bond donors (Lipinski definition) is 1. The van der Waals surface area contributed by atoms with E-state index in [4.69, 9.17) is 4.42 Å². The highest BCUT2D eigenvalue weighted by Crippen LogP contribution is 2.39. The number of para-hydroxylation sites is 1. The number of benzene rings is 1. The Bertz CT molecular complexity index is 780. The number of nitrogens with zero attached hydrogens (tertiary/aromatic N) is 5. The minimum absolute atomic E-state index is 0.130. The highest BCUT2D eigenvalue weighted by molar-refractivity contribution is 5.31. The second-order valence-electron chi connectivity index (χ2n) is 5.15. The number of hydrogen-bond acceptors (Lipinski definition) is 6. The van der Waals surface area contributed by atoms with E-state index in [0.29, 0.717) is 17.5 Å². The first-order valence-electron chi connectivity index (χ1n) is 7.04. The molecule has 1 N–H and O–H groups in total. The van der Waals surface area contributed by atoms with Crippen LogP contribution in [0, 0.1) is 5.95 Å². The largest absolute Gasteiger partial charge is 0.408 e. The Morgan fingerprint density at radius 3 is 2.77 bits per heavy atom. The molecule has 1 saturated carbocycles. The first-order valence-corrected chi connectivity index (χ1v) is 7.04. The van der Waals surface area contributed by atoms with Crippen LogP contribution in [0.4, 0.5) is 10.4 Å². The van der Waals surface area contributed by atoms with Crippen LogP contribution in [0.5, 0.6) is 0 Å². The lowest BCUT2D eigenvalue weighted by molar-refractivity contribution is 0.504. The lowest BCUT2D eigenvalue weighted by Crippen LogP contribution is -2.04. The third-order valence-corrected chi connectivity index (χ3v) is 3.45. The second kappa shape index (κ2) is 5.21. The van der Waals surface area contributed by atoms with Gasteiger partial charge in [-0.25, -0.2) is 0 Å². The van der Waals surface area contributed by atoms with Crippen LogP contribution in [0.3, 0.4) is 0 Å². The van der Waals surface area contributed by atoms with Gasteiger partial charge in [0.05, 0.1) is 12.2 Å². The van der Waals surface area contributed by atoms with Crippen molar-refractivity contribution in [3.63, 3.8) is 0 Å². The van der Waals surface area contributed by atoms with Crippen LogP contribution in [-0.2, 0) is 6.54 Å². The van der Waals surface area contributed by atoms with Crippen molar-refractivity contribution in [3.8, 4) is 5.69 Å². The molecule has 2 aromatic heterocycles. The Morgan fingerprint density at radius 1 is 1.18 bits per heavy atom. The van der Waals surface area contributed by atoms with Crippen LogP contribution in [0.25, 0.3) is 5.69 Å². The van der Waals surface area contributed by atoms with Crippen molar-refractivity contribution in [2.75, 3.05) is 5.32 Å². The Labute approximate surface area is 125 Å². The number of halogens is 1. The van der Waals surface area contributed by atoms with E-state index >= 15 is 0 Å². The molecule has 0 aliphatic heterocycles. The lowest BCUT2D eigenvalue weighted by atomic mass is 10.3. The van der Waals surface area contributed by atoms with Crippen molar-refractivity contribution in [3.05, 3.63) is 47.9 Å². The van der Waals surface area contributed by atoms with Crippen molar-refractivity contribution < 1.29 is 8.81 Å². The molecule has 1 aliphatic rings. The van der Waals surface area contributed by atoms with Gasteiger partial charge in [0.25, 0.3) is 0 Å². The molecule has 22 heavy (non-hydrogen) atoms. The summed E-state index contributed by atoms with van der Waals surface area (Å²) in [5.74, 6) is 0.510. The van der Waals surface area contributed by atoms with Crippen LogP contribution < -0.4 is 5.32 Å². The molecule has 2 heterocycles. The molecular formula is C14H13FN6O. The predicted octanol–water partition coefficient (Wildman–Crippen LogP) is 2.28. The van der Waals surface area contributed by atoms with E-state index in [-0.39, 0.29) is 18.3 Å². The summed E-state index contributed by atoms with van der Waals surface area (Å²) in [5, 5.41) is 18.4. The first kappa shape index (κ1) is 12.9. The third-order valence-electron chi connectivity index (χ3n) is 3.45. The third kappa shape index (κ3) is 2.43. The summed E-state index contributed by atoms with van der Waals surface area (Å²) >= 11 is 0. The number of rotatable bonds is 5. The Hall–Kier alpha value is -2.77. The van der Waals surface area contributed by atoms with Crippen molar-refractivity contribution in [1.82, 2.24) is 25.2 Å². The molecule has 112 valence electrons. The topological polar surface area (TPSA) is 81.7 Å². The van der Waals surface area contributed by atoms with Gasteiger partial charge in [-0.15, -0.1) is 10.2 Å². The summed E-state index contributed by atoms with van der Waals surface area (Å²) in [7, 11) is 0. The van der Waals surface area contributed by atoms with Crippen molar-refractivity contribution >= 4 is 6.01 Å². The van der Waals surface area contributed by atoms with E-state index in [2.05, 4.69) is 25.8 Å². The fourth-order valence-corrected chi connectivity index (χ4v) is 2.10. The van der Waals surface area contributed by atoms with E-state index in [1.807, 2.05) is 18.2 Å². The zero-order valence-electron chi connectivity index (χ0n) is 11.6. The quantitative estimate of drug-likeness (QED) is 0.778. The zero-order chi connectivity index (χ0) is 14.9. The van der Waals surface area contributed by atoms with Crippen molar-refractivity contribution in [2.24, 2.45) is 0 Å². The van der Waals surface area contributed by atoms with Gasteiger partial charge in [0, 0.05) is 5.92 Å². The molecule has 4 rings (SSSR count). The normalized spacial score (nSPS) is 14.2. The molecule has 8 heteroatoms. The van der Waals surface area contributed by atoms with Crippen molar-refractivity contribution in [2.45, 2.75) is 25.3 Å². The average molecular weight is 300 g/mol. The van der Waals surface area contributed by atoms with Gasteiger partial charge in [0.15, 0.2) is 0 Å². The number of aromatic nitrogens is 5. The van der Waals surface area contributed by atoms with E-state index in [9.17, 15) is 4.39 Å². The van der Waals surface area contributed by atoms with Gasteiger partial charge in [-0.1, -0.05) is 28.5 Å². The summed E-state index contributed by atoms with van der Waals surface area (Å²) in [4.78, 5) is 0. The molecular weight excluding hydrogens is 287 g/mol. The van der Waals surface area contributed by atoms with Crippen LogP contribution >= 0.6 is 0 Å². The lowest BCUT2D eigenvalue weighted by Gasteiger charge is -2.00. The molecule has 0 unspecified atom stereocenters. The van der Waals surface area contributed by atoms with Crippen LogP contribution in [0.2, 0.25) is 0 Å². The molecule has 1 fully saturated rings. The molecule has 0 bridgehead atoms. The Morgan fingerprint density at radius 2 is 2.00 bits per heavy atom. The number of anilines is 1. The predicted molar refractivity (Wildman–Crippen MR) is 74.9 cm³/mol. The molecule has 7 nitrogen and oxygen atoms in total.